The number of amides is 1. The highest BCUT2D eigenvalue weighted by Gasteiger charge is 2.14. The molecule has 2 aromatic rings. The van der Waals surface area contributed by atoms with Crippen molar-refractivity contribution < 1.29 is 13.2 Å². The van der Waals surface area contributed by atoms with Crippen LogP contribution in [0.4, 0.5) is 0 Å². The highest BCUT2D eigenvalue weighted by Crippen LogP contribution is 2.11. The van der Waals surface area contributed by atoms with Crippen LogP contribution in [0.5, 0.6) is 0 Å². The Morgan fingerprint density at radius 1 is 1.04 bits per heavy atom. The molecule has 0 spiro atoms. The van der Waals surface area contributed by atoms with Gasteiger partial charge in [-0.05, 0) is 69.4 Å². The number of carbonyl (C=O) groups excluding carboxylic acids is 1. The van der Waals surface area contributed by atoms with Gasteiger partial charge in [-0.25, -0.2) is 13.1 Å². The van der Waals surface area contributed by atoms with Crippen molar-refractivity contribution in [3.8, 4) is 0 Å². The van der Waals surface area contributed by atoms with Crippen molar-refractivity contribution in [3.05, 3.63) is 65.2 Å². The second-order valence-corrected chi connectivity index (χ2v) is 8.46. The third kappa shape index (κ3) is 6.46. The minimum atomic E-state index is -3.56. The van der Waals surface area contributed by atoms with Gasteiger partial charge in [0.05, 0.1) is 4.90 Å². The van der Waals surface area contributed by atoms with Crippen LogP contribution in [0.1, 0.15) is 27.9 Å². The highest BCUT2D eigenvalue weighted by atomic mass is 32.2. The van der Waals surface area contributed by atoms with Crippen LogP contribution >= 0.6 is 0 Å². The normalized spacial score (nSPS) is 11.6. The van der Waals surface area contributed by atoms with Crippen LogP contribution in [-0.2, 0) is 16.6 Å². The Bertz CT molecular complexity index is 862. The van der Waals surface area contributed by atoms with Crippen molar-refractivity contribution in [2.24, 2.45) is 0 Å². The predicted octanol–water partition coefficient (Wildman–Crippen LogP) is 2.16. The summed E-state index contributed by atoms with van der Waals surface area (Å²) in [7, 11) is 0.322. The summed E-state index contributed by atoms with van der Waals surface area (Å²) in [5.41, 5.74) is 2.58. The SMILES string of the molecule is Cc1ccccc1CNC(=O)c1ccc(S(=O)(=O)NCCCN(C)C)cc1. The average Bonchev–Trinajstić information content (AvgIpc) is 2.64. The second-order valence-electron chi connectivity index (χ2n) is 6.69. The molecular formula is C20H27N3O3S. The summed E-state index contributed by atoms with van der Waals surface area (Å²) in [6.07, 6.45) is 0.728. The Balaban J connectivity index is 1.93. The lowest BCUT2D eigenvalue weighted by Gasteiger charge is -2.11. The Kier molecular flexibility index (Phi) is 7.53. The monoisotopic (exact) mass is 389 g/mol. The Hall–Kier alpha value is -2.22. The highest BCUT2D eigenvalue weighted by molar-refractivity contribution is 7.89. The average molecular weight is 390 g/mol. The molecule has 0 atom stereocenters. The molecule has 27 heavy (non-hydrogen) atoms. The van der Waals surface area contributed by atoms with Crippen LogP contribution in [0, 0.1) is 6.92 Å². The van der Waals surface area contributed by atoms with Crippen LogP contribution < -0.4 is 10.0 Å². The molecule has 2 rings (SSSR count). The number of hydrogen-bond acceptors (Lipinski definition) is 4. The van der Waals surface area contributed by atoms with Crippen molar-refractivity contribution in [2.45, 2.75) is 24.8 Å². The number of sulfonamides is 1. The first-order chi connectivity index (χ1) is 12.8. The molecule has 0 saturated heterocycles. The maximum absolute atomic E-state index is 12.3. The van der Waals surface area contributed by atoms with Crippen LogP contribution in [0.15, 0.2) is 53.4 Å². The van der Waals surface area contributed by atoms with Gasteiger partial charge in [0.15, 0.2) is 0 Å². The van der Waals surface area contributed by atoms with Crippen LogP contribution in [-0.4, -0.2) is 46.4 Å². The number of rotatable bonds is 9. The lowest BCUT2D eigenvalue weighted by molar-refractivity contribution is 0.0951. The molecule has 146 valence electrons. The number of hydrogen-bond donors (Lipinski definition) is 2. The van der Waals surface area contributed by atoms with Crippen molar-refractivity contribution in [3.63, 3.8) is 0 Å². The molecule has 0 heterocycles. The van der Waals surface area contributed by atoms with E-state index in [-0.39, 0.29) is 10.8 Å². The van der Waals surface area contributed by atoms with Crippen molar-refractivity contribution in [1.29, 1.82) is 0 Å². The molecule has 0 fully saturated rings. The fourth-order valence-electron chi connectivity index (χ4n) is 2.56. The number of nitrogens with zero attached hydrogens (tertiary/aromatic N) is 1. The molecule has 6 nitrogen and oxygen atoms in total. The van der Waals surface area contributed by atoms with E-state index in [9.17, 15) is 13.2 Å². The summed E-state index contributed by atoms with van der Waals surface area (Å²) in [4.78, 5) is 14.4. The van der Waals surface area contributed by atoms with E-state index >= 15 is 0 Å². The second kappa shape index (κ2) is 9.64. The van der Waals surface area contributed by atoms with E-state index < -0.39 is 10.0 Å². The maximum Gasteiger partial charge on any atom is 0.251 e. The summed E-state index contributed by atoms with van der Waals surface area (Å²) < 4.78 is 27.1. The molecule has 0 aliphatic rings. The molecule has 7 heteroatoms. The Morgan fingerprint density at radius 3 is 2.33 bits per heavy atom. The molecule has 0 bridgehead atoms. The number of benzene rings is 2. The third-order valence-corrected chi connectivity index (χ3v) is 5.68. The molecule has 0 aliphatic carbocycles. The van der Waals surface area contributed by atoms with Gasteiger partial charge in [0, 0.05) is 18.7 Å². The predicted molar refractivity (Wildman–Crippen MR) is 107 cm³/mol. The molecule has 2 N–H and O–H groups in total. The summed E-state index contributed by atoms with van der Waals surface area (Å²) in [5.74, 6) is -0.235. The molecule has 0 radical (unpaired) electrons. The Morgan fingerprint density at radius 2 is 1.70 bits per heavy atom. The number of nitrogens with one attached hydrogen (secondary N) is 2. The van der Waals surface area contributed by atoms with Gasteiger partial charge in [-0.3, -0.25) is 4.79 Å². The van der Waals surface area contributed by atoms with E-state index in [0.29, 0.717) is 18.7 Å². The van der Waals surface area contributed by atoms with E-state index in [0.717, 1.165) is 24.1 Å². The van der Waals surface area contributed by atoms with Gasteiger partial charge in [0.1, 0.15) is 0 Å². The van der Waals surface area contributed by atoms with Gasteiger partial charge in [-0.15, -0.1) is 0 Å². The van der Waals surface area contributed by atoms with Gasteiger partial charge in [0.25, 0.3) is 5.91 Å². The van der Waals surface area contributed by atoms with Crippen molar-refractivity contribution >= 4 is 15.9 Å². The zero-order valence-electron chi connectivity index (χ0n) is 16.0. The number of carbonyl (C=O) groups is 1. The third-order valence-electron chi connectivity index (χ3n) is 4.20. The zero-order chi connectivity index (χ0) is 19.9. The lowest BCUT2D eigenvalue weighted by Crippen LogP contribution is -2.27. The maximum atomic E-state index is 12.3. The summed E-state index contributed by atoms with van der Waals surface area (Å²) >= 11 is 0. The first-order valence-corrected chi connectivity index (χ1v) is 10.3. The zero-order valence-corrected chi connectivity index (χ0v) is 16.8. The van der Waals surface area contributed by atoms with E-state index in [1.54, 1.807) is 0 Å². The van der Waals surface area contributed by atoms with E-state index in [1.807, 2.05) is 50.2 Å². The van der Waals surface area contributed by atoms with Crippen LogP contribution in [0.3, 0.4) is 0 Å². The number of aryl methyl sites for hydroxylation is 1. The van der Waals surface area contributed by atoms with Crippen molar-refractivity contribution in [2.75, 3.05) is 27.2 Å². The lowest BCUT2D eigenvalue weighted by atomic mass is 10.1. The van der Waals surface area contributed by atoms with E-state index in [4.69, 9.17) is 0 Å². The first-order valence-electron chi connectivity index (χ1n) is 8.87. The quantitative estimate of drug-likeness (QED) is 0.644. The fraction of sp³-hybridized carbons (Fsp3) is 0.350. The first kappa shape index (κ1) is 21.1. The minimum Gasteiger partial charge on any atom is -0.348 e. The van der Waals surface area contributed by atoms with Gasteiger partial charge >= 0.3 is 0 Å². The molecule has 2 aromatic carbocycles. The molecular weight excluding hydrogens is 362 g/mol. The van der Waals surface area contributed by atoms with Crippen LogP contribution in [0.25, 0.3) is 0 Å². The summed E-state index contributed by atoms with van der Waals surface area (Å²) in [6, 6.07) is 13.8. The van der Waals surface area contributed by atoms with Gasteiger partial charge in [0.2, 0.25) is 10.0 Å². The summed E-state index contributed by atoms with van der Waals surface area (Å²) in [5, 5.41) is 2.86. The largest absolute Gasteiger partial charge is 0.348 e. The van der Waals surface area contributed by atoms with Gasteiger partial charge in [-0.1, -0.05) is 24.3 Å². The molecule has 0 unspecified atom stereocenters. The molecule has 0 aromatic heterocycles. The Labute approximate surface area is 161 Å². The smallest absolute Gasteiger partial charge is 0.251 e. The molecule has 0 saturated carbocycles. The fourth-order valence-corrected chi connectivity index (χ4v) is 3.63. The molecule has 0 aliphatic heterocycles. The standard InChI is InChI=1S/C20H27N3O3S/c1-16-7-4-5-8-18(16)15-21-20(24)17-9-11-19(12-10-17)27(25,26)22-13-6-14-23(2)3/h4-5,7-12,22H,6,13-15H2,1-3H3,(H,21,24). The molecule has 1 amide bonds. The van der Waals surface area contributed by atoms with Crippen LogP contribution in [0.2, 0.25) is 0 Å². The van der Waals surface area contributed by atoms with Gasteiger partial charge < -0.3 is 10.2 Å². The summed E-state index contributed by atoms with van der Waals surface area (Å²) in [6.45, 7) is 3.60. The van der Waals surface area contributed by atoms with Gasteiger partial charge in [-0.2, -0.15) is 0 Å². The topological polar surface area (TPSA) is 78.5 Å². The van der Waals surface area contributed by atoms with Crippen molar-refractivity contribution in [1.82, 2.24) is 14.9 Å². The van der Waals surface area contributed by atoms with E-state index in [2.05, 4.69) is 10.0 Å². The van der Waals surface area contributed by atoms with E-state index in [1.165, 1.54) is 24.3 Å². The minimum absolute atomic E-state index is 0.155.